The number of Topliss-reactive ketones (excluding diaryl/α,β-unsaturated/α-hetero) is 1. The molecule has 1 atom stereocenters. The van der Waals surface area contributed by atoms with E-state index >= 15 is 0 Å². The lowest BCUT2D eigenvalue weighted by Gasteiger charge is -2.12. The third-order valence-electron chi connectivity index (χ3n) is 5.06. The van der Waals surface area contributed by atoms with Crippen LogP contribution in [0.2, 0.25) is 0 Å². The molecular weight excluding hydrogens is 368 g/mol. The predicted octanol–water partition coefficient (Wildman–Crippen LogP) is 3.45. The zero-order valence-corrected chi connectivity index (χ0v) is 15.8. The summed E-state index contributed by atoms with van der Waals surface area (Å²) in [5.41, 5.74) is 2.10. The van der Waals surface area contributed by atoms with Crippen LogP contribution in [0.3, 0.4) is 0 Å². The minimum Gasteiger partial charge on any atom is -0.340 e. The fourth-order valence-electron chi connectivity index (χ4n) is 3.48. The Kier molecular flexibility index (Phi) is 4.69. The van der Waals surface area contributed by atoms with E-state index in [2.05, 4.69) is 9.97 Å². The highest BCUT2D eigenvalue weighted by Gasteiger charge is 2.36. The SMILES string of the molecule is CCCCN1C(=O)c2ccc(C(=O)[C@@H](C#N)c3nc4ccccc4[nH]3)cc2C1=O. The van der Waals surface area contributed by atoms with Gasteiger partial charge in [0.1, 0.15) is 5.82 Å². The second-order valence-electron chi connectivity index (χ2n) is 6.94. The number of imide groups is 1. The number of hydrogen-bond acceptors (Lipinski definition) is 5. The number of carbonyl (C=O) groups is 3. The quantitative estimate of drug-likeness (QED) is 0.516. The van der Waals surface area contributed by atoms with Gasteiger partial charge >= 0.3 is 0 Å². The zero-order chi connectivity index (χ0) is 20.5. The van der Waals surface area contributed by atoms with Crippen molar-refractivity contribution in [1.29, 1.82) is 5.26 Å². The predicted molar refractivity (Wildman–Crippen MR) is 105 cm³/mol. The fourth-order valence-corrected chi connectivity index (χ4v) is 3.48. The van der Waals surface area contributed by atoms with Crippen molar-refractivity contribution >= 4 is 28.6 Å². The Labute approximate surface area is 167 Å². The second kappa shape index (κ2) is 7.32. The van der Waals surface area contributed by atoms with Crippen molar-refractivity contribution in [2.24, 2.45) is 0 Å². The molecule has 7 nitrogen and oxygen atoms in total. The first-order valence-corrected chi connectivity index (χ1v) is 9.44. The van der Waals surface area contributed by atoms with Crippen molar-refractivity contribution in [2.75, 3.05) is 6.54 Å². The maximum absolute atomic E-state index is 13.0. The van der Waals surface area contributed by atoms with Crippen LogP contribution in [-0.2, 0) is 0 Å². The van der Waals surface area contributed by atoms with E-state index in [0.29, 0.717) is 17.6 Å². The van der Waals surface area contributed by atoms with Crippen molar-refractivity contribution in [3.63, 3.8) is 0 Å². The van der Waals surface area contributed by atoms with Gasteiger partial charge < -0.3 is 4.98 Å². The largest absolute Gasteiger partial charge is 0.340 e. The number of rotatable bonds is 6. The smallest absolute Gasteiger partial charge is 0.261 e. The summed E-state index contributed by atoms with van der Waals surface area (Å²) < 4.78 is 0. The van der Waals surface area contributed by atoms with E-state index in [1.165, 1.54) is 23.1 Å². The third kappa shape index (κ3) is 3.09. The maximum atomic E-state index is 13.0. The van der Waals surface area contributed by atoms with Gasteiger partial charge in [0.15, 0.2) is 11.7 Å². The van der Waals surface area contributed by atoms with Crippen LogP contribution in [0, 0.1) is 11.3 Å². The number of H-pyrrole nitrogens is 1. The van der Waals surface area contributed by atoms with E-state index in [-0.39, 0.29) is 22.9 Å². The summed E-state index contributed by atoms with van der Waals surface area (Å²) in [4.78, 5) is 46.7. The zero-order valence-electron chi connectivity index (χ0n) is 15.8. The van der Waals surface area contributed by atoms with E-state index in [9.17, 15) is 19.6 Å². The molecule has 1 aromatic heterocycles. The average Bonchev–Trinajstić information content (AvgIpc) is 3.26. The second-order valence-corrected chi connectivity index (χ2v) is 6.94. The van der Waals surface area contributed by atoms with E-state index in [1.54, 1.807) is 6.07 Å². The van der Waals surface area contributed by atoms with Crippen molar-refractivity contribution in [3.8, 4) is 6.07 Å². The number of carbonyl (C=O) groups excluding carboxylic acids is 3. The molecule has 0 fully saturated rings. The molecule has 7 heteroatoms. The molecule has 0 saturated heterocycles. The fraction of sp³-hybridized carbons (Fsp3) is 0.227. The Morgan fingerprint density at radius 3 is 2.66 bits per heavy atom. The normalized spacial score (nSPS) is 14.1. The monoisotopic (exact) mass is 386 g/mol. The number of benzene rings is 2. The number of nitrogens with one attached hydrogen (secondary N) is 1. The van der Waals surface area contributed by atoms with Crippen molar-refractivity contribution in [3.05, 3.63) is 65.0 Å². The first-order valence-electron chi connectivity index (χ1n) is 9.44. The van der Waals surface area contributed by atoms with Crippen LogP contribution in [0.4, 0.5) is 0 Å². The molecule has 1 aliphatic rings. The number of nitriles is 1. The van der Waals surface area contributed by atoms with Gasteiger partial charge in [-0.2, -0.15) is 5.26 Å². The Morgan fingerprint density at radius 1 is 1.17 bits per heavy atom. The molecule has 2 aromatic carbocycles. The number of amides is 2. The molecule has 1 N–H and O–H groups in total. The average molecular weight is 386 g/mol. The number of ketones is 1. The molecule has 29 heavy (non-hydrogen) atoms. The Balaban J connectivity index is 1.66. The molecular formula is C22H18N4O3. The molecule has 0 aliphatic carbocycles. The third-order valence-corrected chi connectivity index (χ3v) is 5.06. The van der Waals surface area contributed by atoms with Gasteiger partial charge in [0.05, 0.1) is 28.2 Å². The number of unbranched alkanes of at least 4 members (excludes halogenated alkanes) is 1. The minimum absolute atomic E-state index is 0.203. The minimum atomic E-state index is -1.14. The molecule has 0 saturated carbocycles. The van der Waals surface area contributed by atoms with Crippen LogP contribution in [0.5, 0.6) is 0 Å². The standard InChI is InChI=1S/C22H18N4O3/c1-2-3-10-26-21(28)14-9-8-13(11-15(14)22(26)29)19(27)16(12-23)20-24-17-6-4-5-7-18(17)25-20/h4-9,11,16H,2-3,10H2,1H3,(H,24,25)/t16-/m1/s1. The van der Waals surface area contributed by atoms with Gasteiger partial charge in [0.25, 0.3) is 11.8 Å². The van der Waals surface area contributed by atoms with E-state index in [1.807, 2.05) is 31.2 Å². The summed E-state index contributed by atoms with van der Waals surface area (Å²) >= 11 is 0. The molecule has 2 amide bonds. The summed E-state index contributed by atoms with van der Waals surface area (Å²) in [5.74, 6) is -2.09. The van der Waals surface area contributed by atoms with Crippen LogP contribution in [-0.4, -0.2) is 39.0 Å². The van der Waals surface area contributed by atoms with Gasteiger partial charge in [-0.1, -0.05) is 31.5 Å². The highest BCUT2D eigenvalue weighted by Crippen LogP contribution is 2.27. The topological polar surface area (TPSA) is 107 Å². The van der Waals surface area contributed by atoms with Gasteiger partial charge in [-0.15, -0.1) is 0 Å². The number of para-hydroxylation sites is 2. The van der Waals surface area contributed by atoms with Crippen LogP contribution in [0.15, 0.2) is 42.5 Å². The molecule has 0 unspecified atom stereocenters. The van der Waals surface area contributed by atoms with Gasteiger partial charge in [-0.05, 0) is 30.7 Å². The van der Waals surface area contributed by atoms with Gasteiger partial charge in [0.2, 0.25) is 0 Å². The summed E-state index contributed by atoms with van der Waals surface area (Å²) in [6.45, 7) is 2.33. The molecule has 0 radical (unpaired) electrons. The van der Waals surface area contributed by atoms with Gasteiger partial charge in [-0.25, -0.2) is 4.98 Å². The van der Waals surface area contributed by atoms with Crippen molar-refractivity contribution < 1.29 is 14.4 Å². The van der Waals surface area contributed by atoms with Crippen LogP contribution in [0.25, 0.3) is 11.0 Å². The van der Waals surface area contributed by atoms with Crippen molar-refractivity contribution in [2.45, 2.75) is 25.7 Å². The maximum Gasteiger partial charge on any atom is 0.261 e. The first-order chi connectivity index (χ1) is 14.0. The molecule has 1 aliphatic heterocycles. The molecule has 4 rings (SSSR count). The highest BCUT2D eigenvalue weighted by atomic mass is 16.2. The van der Waals surface area contributed by atoms with E-state index in [4.69, 9.17) is 0 Å². The summed E-state index contributed by atoms with van der Waals surface area (Å²) in [6, 6.07) is 13.6. The number of aromatic amines is 1. The van der Waals surface area contributed by atoms with Gasteiger partial charge in [0, 0.05) is 12.1 Å². The lowest BCUT2D eigenvalue weighted by Crippen LogP contribution is -2.30. The van der Waals surface area contributed by atoms with E-state index in [0.717, 1.165) is 18.4 Å². The first kappa shape index (κ1) is 18.6. The summed E-state index contributed by atoms with van der Waals surface area (Å²) in [5, 5.41) is 9.60. The van der Waals surface area contributed by atoms with E-state index < -0.39 is 17.6 Å². The number of aromatic nitrogens is 2. The lowest BCUT2D eigenvalue weighted by molar-refractivity contribution is 0.0652. The molecule has 3 aromatic rings. The van der Waals surface area contributed by atoms with Crippen LogP contribution in [0.1, 0.15) is 62.6 Å². The molecule has 2 heterocycles. The number of fused-ring (bicyclic) bond motifs is 2. The summed E-state index contributed by atoms with van der Waals surface area (Å²) in [6.07, 6.45) is 1.58. The van der Waals surface area contributed by atoms with Crippen LogP contribution < -0.4 is 0 Å². The molecule has 0 spiro atoms. The number of hydrogen-bond donors (Lipinski definition) is 1. The Bertz CT molecular complexity index is 1160. The molecule has 144 valence electrons. The van der Waals surface area contributed by atoms with Crippen LogP contribution >= 0.6 is 0 Å². The Morgan fingerprint density at radius 2 is 1.93 bits per heavy atom. The van der Waals surface area contributed by atoms with Gasteiger partial charge in [-0.3, -0.25) is 19.3 Å². The van der Waals surface area contributed by atoms with Crippen molar-refractivity contribution in [1.82, 2.24) is 14.9 Å². The molecule has 0 bridgehead atoms. The number of imidazole rings is 1. The summed E-state index contributed by atoms with van der Waals surface area (Å²) in [7, 11) is 0. The Hall–Kier alpha value is -3.79. The number of nitrogens with zero attached hydrogens (tertiary/aromatic N) is 3. The lowest BCUT2D eigenvalue weighted by atomic mass is 9.95. The highest BCUT2D eigenvalue weighted by molar-refractivity contribution is 6.22.